The quantitative estimate of drug-likeness (QED) is 0.714. The van der Waals surface area contributed by atoms with Gasteiger partial charge in [0.1, 0.15) is 6.04 Å². The van der Waals surface area contributed by atoms with E-state index in [-0.39, 0.29) is 0 Å². The highest BCUT2D eigenvalue weighted by Crippen LogP contribution is 2.24. The van der Waals surface area contributed by atoms with Crippen molar-refractivity contribution in [1.82, 2.24) is 5.32 Å². The van der Waals surface area contributed by atoms with E-state index in [1.54, 1.807) is 24.3 Å². The first-order valence-corrected chi connectivity index (χ1v) is 8.81. The Kier molecular flexibility index (Phi) is 7.21. The molecule has 0 saturated heterocycles. The zero-order chi connectivity index (χ0) is 20.0. The van der Waals surface area contributed by atoms with Crippen LogP contribution in [0.25, 0.3) is 0 Å². The van der Waals surface area contributed by atoms with E-state index in [2.05, 4.69) is 10.6 Å². The molecule has 27 heavy (non-hydrogen) atoms. The van der Waals surface area contributed by atoms with Crippen molar-refractivity contribution < 1.29 is 19.1 Å². The molecule has 0 fully saturated rings. The average Bonchev–Trinajstić information content (AvgIpc) is 2.62. The Morgan fingerprint density at radius 3 is 2.48 bits per heavy atom. The Hall–Kier alpha value is -2.57. The highest BCUT2D eigenvalue weighted by molar-refractivity contribution is 6.42. The number of amides is 2. The zero-order valence-corrected chi connectivity index (χ0v) is 16.2. The van der Waals surface area contributed by atoms with E-state index in [1.165, 1.54) is 19.1 Å². The van der Waals surface area contributed by atoms with Gasteiger partial charge in [-0.2, -0.15) is 0 Å². The third-order valence-electron chi connectivity index (χ3n) is 3.53. The number of nitrogens with one attached hydrogen (secondary N) is 2. The third-order valence-corrected chi connectivity index (χ3v) is 4.27. The minimum absolute atomic E-state index is 0.291. The van der Waals surface area contributed by atoms with Gasteiger partial charge in [-0.25, -0.2) is 4.79 Å². The van der Waals surface area contributed by atoms with E-state index in [1.807, 2.05) is 13.0 Å². The smallest absolute Gasteiger partial charge is 0.328 e. The molecule has 0 unspecified atom stereocenters. The monoisotopic (exact) mass is 408 g/mol. The number of esters is 1. The topological polar surface area (TPSA) is 84.5 Å². The molecule has 2 rings (SSSR count). The van der Waals surface area contributed by atoms with Gasteiger partial charge in [-0.1, -0.05) is 40.9 Å². The molecule has 0 bridgehead atoms. The Labute approximate surface area is 166 Å². The second-order valence-corrected chi connectivity index (χ2v) is 6.66. The second kappa shape index (κ2) is 9.39. The Bertz CT molecular complexity index is 871. The lowest BCUT2D eigenvalue weighted by Crippen LogP contribution is -2.40. The molecule has 0 aliphatic heterocycles. The molecule has 2 aromatic rings. The summed E-state index contributed by atoms with van der Waals surface area (Å²) in [7, 11) is 0. The van der Waals surface area contributed by atoms with Crippen LogP contribution in [0.1, 0.15) is 22.8 Å². The molecule has 0 radical (unpaired) electrons. The summed E-state index contributed by atoms with van der Waals surface area (Å²) >= 11 is 11.7. The van der Waals surface area contributed by atoms with Crippen LogP contribution in [-0.4, -0.2) is 30.4 Å². The molecule has 0 spiro atoms. The van der Waals surface area contributed by atoms with Gasteiger partial charge >= 0.3 is 5.97 Å². The van der Waals surface area contributed by atoms with Crippen molar-refractivity contribution in [1.29, 1.82) is 0 Å². The number of hydrogen-bond donors (Lipinski definition) is 2. The fraction of sp³-hybridized carbons (Fsp3) is 0.211. The van der Waals surface area contributed by atoms with Crippen molar-refractivity contribution >= 4 is 46.7 Å². The predicted octanol–water partition coefficient (Wildman–Crippen LogP) is 3.60. The maximum Gasteiger partial charge on any atom is 0.328 e. The maximum absolute atomic E-state index is 12.1. The van der Waals surface area contributed by atoms with Crippen LogP contribution in [0, 0.1) is 6.92 Å². The number of carbonyl (C=O) groups excluding carboxylic acids is 3. The number of halogens is 2. The minimum atomic E-state index is -0.907. The van der Waals surface area contributed by atoms with Crippen LogP contribution in [0.5, 0.6) is 0 Å². The number of benzene rings is 2. The number of ether oxygens (including phenoxy) is 1. The standard InChI is InChI=1S/C19H18Cl2N2O4/c1-11-4-3-5-13(8-11)18(25)22-12(2)19(26)27-10-17(24)23-14-6-7-15(20)16(21)9-14/h3-9,12H,10H2,1-2H3,(H,22,25)(H,23,24)/t12-/m0/s1. The molecule has 2 amide bonds. The fourth-order valence-electron chi connectivity index (χ4n) is 2.16. The van der Waals surface area contributed by atoms with Crippen LogP contribution >= 0.6 is 23.2 Å². The summed E-state index contributed by atoms with van der Waals surface area (Å²) in [5.41, 5.74) is 1.79. The number of carbonyl (C=O) groups is 3. The molecular formula is C19H18Cl2N2O4. The fourth-order valence-corrected chi connectivity index (χ4v) is 2.46. The first-order chi connectivity index (χ1) is 12.8. The lowest BCUT2D eigenvalue weighted by atomic mass is 10.1. The lowest BCUT2D eigenvalue weighted by molar-refractivity contribution is -0.148. The van der Waals surface area contributed by atoms with Crippen LogP contribution in [0.3, 0.4) is 0 Å². The number of anilines is 1. The van der Waals surface area contributed by atoms with Crippen molar-refractivity contribution in [2.24, 2.45) is 0 Å². The first-order valence-electron chi connectivity index (χ1n) is 8.05. The average molecular weight is 409 g/mol. The van der Waals surface area contributed by atoms with E-state index < -0.39 is 30.4 Å². The minimum Gasteiger partial charge on any atom is -0.454 e. The van der Waals surface area contributed by atoms with Crippen molar-refractivity contribution in [3.05, 3.63) is 63.6 Å². The van der Waals surface area contributed by atoms with Gasteiger partial charge in [-0.15, -0.1) is 0 Å². The molecule has 0 aliphatic rings. The largest absolute Gasteiger partial charge is 0.454 e. The van der Waals surface area contributed by atoms with Crippen LogP contribution in [0.15, 0.2) is 42.5 Å². The van der Waals surface area contributed by atoms with Gasteiger partial charge in [0.2, 0.25) is 0 Å². The normalized spacial score (nSPS) is 11.4. The zero-order valence-electron chi connectivity index (χ0n) is 14.7. The van der Waals surface area contributed by atoms with E-state index >= 15 is 0 Å². The maximum atomic E-state index is 12.1. The van der Waals surface area contributed by atoms with E-state index in [4.69, 9.17) is 27.9 Å². The highest BCUT2D eigenvalue weighted by Gasteiger charge is 2.19. The van der Waals surface area contributed by atoms with Gasteiger partial charge < -0.3 is 15.4 Å². The summed E-state index contributed by atoms with van der Waals surface area (Å²) in [4.78, 5) is 36.0. The van der Waals surface area contributed by atoms with E-state index in [0.717, 1.165) is 5.56 Å². The molecule has 0 aromatic heterocycles. The first kappa shape index (κ1) is 20.7. The van der Waals surface area contributed by atoms with Crippen molar-refractivity contribution in [2.45, 2.75) is 19.9 Å². The molecule has 142 valence electrons. The molecular weight excluding hydrogens is 391 g/mol. The van der Waals surface area contributed by atoms with Gasteiger partial charge in [0.15, 0.2) is 6.61 Å². The van der Waals surface area contributed by atoms with Crippen LogP contribution in [0.4, 0.5) is 5.69 Å². The van der Waals surface area contributed by atoms with Crippen molar-refractivity contribution in [3.63, 3.8) is 0 Å². The van der Waals surface area contributed by atoms with Crippen molar-refractivity contribution in [2.75, 3.05) is 11.9 Å². The molecule has 0 heterocycles. The van der Waals surface area contributed by atoms with Gasteiger partial charge in [-0.3, -0.25) is 9.59 Å². The molecule has 2 aromatic carbocycles. The number of rotatable bonds is 6. The van der Waals surface area contributed by atoms with Crippen molar-refractivity contribution in [3.8, 4) is 0 Å². The van der Waals surface area contributed by atoms with E-state index in [9.17, 15) is 14.4 Å². The summed E-state index contributed by atoms with van der Waals surface area (Å²) in [5, 5.41) is 5.71. The third kappa shape index (κ3) is 6.27. The van der Waals surface area contributed by atoms with Crippen LogP contribution in [0.2, 0.25) is 10.0 Å². The SMILES string of the molecule is Cc1cccc(C(=O)N[C@@H](C)C(=O)OCC(=O)Nc2ccc(Cl)c(Cl)c2)c1. The highest BCUT2D eigenvalue weighted by atomic mass is 35.5. The molecule has 0 aliphatic carbocycles. The van der Waals surface area contributed by atoms with E-state index in [0.29, 0.717) is 21.3 Å². The van der Waals surface area contributed by atoms with Gasteiger partial charge in [0, 0.05) is 11.3 Å². The van der Waals surface area contributed by atoms with Crippen LogP contribution < -0.4 is 10.6 Å². The molecule has 0 saturated carbocycles. The summed E-state index contributed by atoms with van der Waals surface area (Å²) in [5.74, 6) is -1.66. The Morgan fingerprint density at radius 1 is 1.07 bits per heavy atom. The molecule has 8 heteroatoms. The van der Waals surface area contributed by atoms with Crippen LogP contribution in [-0.2, 0) is 14.3 Å². The van der Waals surface area contributed by atoms with Gasteiger partial charge in [0.25, 0.3) is 11.8 Å². The molecule has 1 atom stereocenters. The Morgan fingerprint density at radius 2 is 1.81 bits per heavy atom. The second-order valence-electron chi connectivity index (χ2n) is 5.85. The Balaban J connectivity index is 1.82. The number of aryl methyl sites for hydroxylation is 1. The molecule has 6 nitrogen and oxygen atoms in total. The van der Waals surface area contributed by atoms with Gasteiger partial charge in [0.05, 0.1) is 10.0 Å². The summed E-state index contributed by atoms with van der Waals surface area (Å²) in [6.45, 7) is 2.84. The molecule has 2 N–H and O–H groups in total. The van der Waals surface area contributed by atoms with Gasteiger partial charge in [-0.05, 0) is 44.2 Å². The lowest BCUT2D eigenvalue weighted by Gasteiger charge is -2.14. The predicted molar refractivity (Wildman–Crippen MR) is 104 cm³/mol. The summed E-state index contributed by atoms with van der Waals surface area (Å²) in [6.07, 6.45) is 0. The summed E-state index contributed by atoms with van der Waals surface area (Å²) < 4.78 is 4.93. The number of hydrogen-bond acceptors (Lipinski definition) is 4. The summed E-state index contributed by atoms with van der Waals surface area (Å²) in [6, 6.07) is 10.6.